The van der Waals surface area contributed by atoms with Crippen LogP contribution in [0.1, 0.15) is 0 Å². The van der Waals surface area contributed by atoms with E-state index in [1.807, 2.05) is 29.6 Å². The highest BCUT2D eigenvalue weighted by Crippen LogP contribution is 2.38. The van der Waals surface area contributed by atoms with E-state index >= 15 is 0 Å². The number of thiophene rings is 1. The van der Waals surface area contributed by atoms with Crippen molar-refractivity contribution in [2.75, 3.05) is 17.6 Å². The maximum Gasteiger partial charge on any atom is 0.222 e. The minimum absolute atomic E-state index is 0.178. The van der Waals surface area contributed by atoms with E-state index in [9.17, 15) is 9.00 Å². The minimum Gasteiger partial charge on any atom is -0.310 e. The van der Waals surface area contributed by atoms with Gasteiger partial charge < -0.3 is 4.31 Å². The lowest BCUT2D eigenvalue weighted by Crippen LogP contribution is -2.33. The summed E-state index contributed by atoms with van der Waals surface area (Å²) in [4.78, 5) is 19.4. The van der Waals surface area contributed by atoms with E-state index in [0.717, 1.165) is 21.3 Å². The molecular weight excluding hydrogens is 354 g/mol. The predicted molar refractivity (Wildman–Crippen MR) is 98.5 cm³/mol. The molecule has 2 aromatic heterocycles. The molecule has 0 aliphatic heterocycles. The Balaban J connectivity index is 2.22. The number of fused-ring (bicyclic) bond motifs is 1. The molecule has 0 aliphatic rings. The van der Waals surface area contributed by atoms with E-state index in [2.05, 4.69) is 9.97 Å². The van der Waals surface area contributed by atoms with Gasteiger partial charge in [0.05, 0.1) is 15.9 Å². The van der Waals surface area contributed by atoms with Crippen molar-refractivity contribution < 1.29 is 9.00 Å². The van der Waals surface area contributed by atoms with E-state index in [-0.39, 0.29) is 5.28 Å². The molecule has 0 atom stereocenters. The number of hydrogen-bond donors (Lipinski definition) is 1. The summed E-state index contributed by atoms with van der Waals surface area (Å²) >= 11 is 7.42. The van der Waals surface area contributed by atoms with Crippen LogP contribution in [0.25, 0.3) is 21.3 Å². The lowest BCUT2D eigenvalue weighted by atomic mass is 10.1. The van der Waals surface area contributed by atoms with Gasteiger partial charge in [-0.05, 0) is 17.7 Å². The molecule has 2 heterocycles. The van der Waals surface area contributed by atoms with Crippen LogP contribution in [0.5, 0.6) is 0 Å². The summed E-state index contributed by atoms with van der Waals surface area (Å²) in [5, 5.41) is 2.14. The molecule has 0 N–H and O–H groups in total. The molecule has 3 aromatic rings. The van der Waals surface area contributed by atoms with Crippen molar-refractivity contribution in [3.63, 3.8) is 0 Å². The average Bonchev–Trinajstić information content (AvgIpc) is 2.97. The average molecular weight is 368 g/mol. The van der Waals surface area contributed by atoms with Crippen LogP contribution < -0.4 is 4.31 Å². The van der Waals surface area contributed by atoms with Gasteiger partial charge in [0, 0.05) is 46.1 Å². The van der Waals surface area contributed by atoms with Crippen LogP contribution >= 0.6 is 22.9 Å². The molecule has 120 valence electrons. The Bertz CT molecular complexity index is 941. The van der Waals surface area contributed by atoms with Gasteiger partial charge in [-0.1, -0.05) is 18.2 Å². The molecular formula is C15H14ClN3O2S2. The van der Waals surface area contributed by atoms with Gasteiger partial charge in [0.1, 0.15) is 0 Å². The molecule has 0 spiro atoms. The van der Waals surface area contributed by atoms with Crippen LogP contribution in [-0.2, 0) is 14.9 Å². The van der Waals surface area contributed by atoms with Crippen LogP contribution in [0, 0.1) is 0 Å². The Morgan fingerprint density at radius 2 is 2.04 bits per heavy atom. The summed E-state index contributed by atoms with van der Waals surface area (Å²) in [6.07, 6.45) is 3.13. The molecule has 3 rings (SSSR count). The van der Waals surface area contributed by atoms with E-state index in [1.54, 1.807) is 13.2 Å². The number of carbonyl (C=O) groups excluding carboxylic acids is 1. The van der Waals surface area contributed by atoms with E-state index in [4.69, 9.17) is 11.6 Å². The Morgan fingerprint density at radius 3 is 2.78 bits per heavy atom. The zero-order valence-electron chi connectivity index (χ0n) is 12.4. The van der Waals surface area contributed by atoms with Gasteiger partial charge in [-0.3, -0.25) is 9.00 Å². The molecule has 5 nitrogen and oxygen atoms in total. The number of halogens is 1. The highest BCUT2D eigenvalue weighted by atomic mass is 35.5. The standard InChI is InChI=1S/C15H14ClN3O2S2/c1-19(23(2,21)9-20)12-6-4-3-5-10(12)11-8-22-13-7-17-15(16)18-14(11)13/h3-9,23H,1-2H3. The molecule has 0 amide bonds. The van der Waals surface area contributed by atoms with Gasteiger partial charge in [-0.15, -0.1) is 11.3 Å². The van der Waals surface area contributed by atoms with Crippen molar-refractivity contribution >= 4 is 54.6 Å². The van der Waals surface area contributed by atoms with Crippen molar-refractivity contribution in [1.82, 2.24) is 9.97 Å². The summed E-state index contributed by atoms with van der Waals surface area (Å²) in [6, 6.07) is 7.48. The smallest absolute Gasteiger partial charge is 0.222 e. The molecule has 0 unspecified atom stereocenters. The Morgan fingerprint density at radius 1 is 1.30 bits per heavy atom. The second-order valence-electron chi connectivity index (χ2n) is 5.09. The monoisotopic (exact) mass is 367 g/mol. The fourth-order valence-corrected chi connectivity index (χ4v) is 4.01. The molecule has 1 aromatic carbocycles. The maximum absolute atomic E-state index is 12.4. The van der Waals surface area contributed by atoms with Gasteiger partial charge in [-0.2, -0.15) is 0 Å². The number of nitrogens with zero attached hydrogens (tertiary/aromatic N) is 3. The Labute approximate surface area is 143 Å². The van der Waals surface area contributed by atoms with Crippen molar-refractivity contribution in [3.05, 3.63) is 41.1 Å². The first-order valence-electron chi connectivity index (χ1n) is 6.71. The van der Waals surface area contributed by atoms with Crippen LogP contribution in [-0.4, -0.2) is 33.1 Å². The van der Waals surface area contributed by atoms with Crippen molar-refractivity contribution in [2.24, 2.45) is 0 Å². The maximum atomic E-state index is 12.4. The first-order valence-corrected chi connectivity index (χ1v) is 10.1. The van der Waals surface area contributed by atoms with Crippen LogP contribution in [0.4, 0.5) is 5.69 Å². The number of para-hydroxylation sites is 1. The van der Waals surface area contributed by atoms with E-state index in [1.165, 1.54) is 21.9 Å². The van der Waals surface area contributed by atoms with Crippen LogP contribution in [0.2, 0.25) is 5.28 Å². The van der Waals surface area contributed by atoms with E-state index in [0.29, 0.717) is 11.3 Å². The quantitative estimate of drug-likeness (QED) is 0.437. The molecule has 0 fully saturated rings. The highest BCUT2D eigenvalue weighted by molar-refractivity contribution is 8.15. The first kappa shape index (κ1) is 16.0. The zero-order chi connectivity index (χ0) is 16.6. The van der Waals surface area contributed by atoms with Gasteiger partial charge in [0.2, 0.25) is 5.28 Å². The summed E-state index contributed by atoms with van der Waals surface area (Å²) in [5.74, 6) is 0. The summed E-state index contributed by atoms with van der Waals surface area (Å²) in [5.41, 5.74) is 3.68. The fraction of sp³-hybridized carbons (Fsp3) is 0.133. The SMILES string of the molecule is CN(c1ccccc1-c1csc2cnc(Cl)nc12)[SH](C)(=O)C=O. The normalized spacial score (nSPS) is 12.3. The number of rotatable bonds is 4. The van der Waals surface area contributed by atoms with Crippen LogP contribution in [0.15, 0.2) is 35.8 Å². The van der Waals surface area contributed by atoms with Crippen molar-refractivity contribution in [3.8, 4) is 11.1 Å². The number of anilines is 1. The van der Waals surface area contributed by atoms with Gasteiger partial charge in [-0.25, -0.2) is 9.97 Å². The molecule has 0 saturated heterocycles. The molecule has 8 heteroatoms. The Hall–Kier alpha value is -1.83. The third-order valence-corrected chi connectivity index (χ3v) is 6.51. The predicted octanol–water partition coefficient (Wildman–Crippen LogP) is 3.20. The van der Waals surface area contributed by atoms with Gasteiger partial charge >= 0.3 is 0 Å². The molecule has 0 bridgehead atoms. The number of carbonyl (C=O) groups is 1. The minimum atomic E-state index is -3.09. The third-order valence-electron chi connectivity index (χ3n) is 3.62. The van der Waals surface area contributed by atoms with Crippen molar-refractivity contribution in [1.29, 1.82) is 0 Å². The first-order chi connectivity index (χ1) is 10.9. The summed E-state index contributed by atoms with van der Waals surface area (Å²) in [6.45, 7) is 0. The third kappa shape index (κ3) is 2.87. The van der Waals surface area contributed by atoms with Gasteiger partial charge in [0.15, 0.2) is 5.62 Å². The largest absolute Gasteiger partial charge is 0.310 e. The van der Waals surface area contributed by atoms with Crippen LogP contribution in [0.3, 0.4) is 0 Å². The lowest BCUT2D eigenvalue weighted by molar-refractivity contribution is 0.565. The highest BCUT2D eigenvalue weighted by Gasteiger charge is 2.20. The lowest BCUT2D eigenvalue weighted by Gasteiger charge is -2.29. The number of thiol groups is 1. The summed E-state index contributed by atoms with van der Waals surface area (Å²) < 4.78 is 14.9. The number of hydrogen-bond acceptors (Lipinski definition) is 5. The molecule has 0 saturated carbocycles. The molecule has 0 radical (unpaired) electrons. The summed E-state index contributed by atoms with van der Waals surface area (Å²) in [7, 11) is -1.43. The zero-order valence-corrected chi connectivity index (χ0v) is 14.9. The fourth-order valence-electron chi connectivity index (χ4n) is 2.27. The molecule has 23 heavy (non-hydrogen) atoms. The number of benzene rings is 1. The second kappa shape index (κ2) is 5.99. The topological polar surface area (TPSA) is 63.2 Å². The Kier molecular flexibility index (Phi) is 4.18. The van der Waals surface area contributed by atoms with E-state index < -0.39 is 10.1 Å². The van der Waals surface area contributed by atoms with Crippen molar-refractivity contribution in [2.45, 2.75) is 0 Å². The van der Waals surface area contributed by atoms with Gasteiger partial charge in [0.25, 0.3) is 0 Å². The molecule has 0 aliphatic carbocycles. The number of aromatic nitrogens is 2. The second-order valence-corrected chi connectivity index (χ2v) is 9.04.